The van der Waals surface area contributed by atoms with Crippen LogP contribution in [0.1, 0.15) is 28.8 Å². The summed E-state index contributed by atoms with van der Waals surface area (Å²) in [5.41, 5.74) is 7.96. The highest BCUT2D eigenvalue weighted by Crippen LogP contribution is 2.24. The van der Waals surface area contributed by atoms with Crippen LogP contribution in [0, 0.1) is 12.8 Å². The number of rotatable bonds is 4. The Labute approximate surface area is 163 Å². The smallest absolute Gasteiger partial charge is 0.259 e. The van der Waals surface area contributed by atoms with E-state index in [0.29, 0.717) is 37.3 Å². The van der Waals surface area contributed by atoms with Crippen molar-refractivity contribution in [2.75, 3.05) is 13.1 Å². The van der Waals surface area contributed by atoms with Gasteiger partial charge in [0, 0.05) is 31.4 Å². The van der Waals surface area contributed by atoms with Crippen molar-refractivity contribution < 1.29 is 9.59 Å². The first-order valence-electron chi connectivity index (χ1n) is 9.41. The third-order valence-electron chi connectivity index (χ3n) is 5.25. The molecule has 1 aliphatic heterocycles. The predicted octanol–water partition coefficient (Wildman–Crippen LogP) is 2.31. The summed E-state index contributed by atoms with van der Waals surface area (Å²) in [6.07, 6.45) is 6.64. The summed E-state index contributed by atoms with van der Waals surface area (Å²) in [4.78, 5) is 26.4. The predicted molar refractivity (Wildman–Crippen MR) is 105 cm³/mol. The molecule has 0 aliphatic carbocycles. The van der Waals surface area contributed by atoms with Crippen molar-refractivity contribution in [3.8, 4) is 11.5 Å². The fraction of sp³-hybridized carbons (Fsp3) is 0.286. The van der Waals surface area contributed by atoms with Crippen LogP contribution in [0.4, 0.5) is 0 Å². The van der Waals surface area contributed by atoms with Crippen molar-refractivity contribution >= 4 is 11.8 Å². The number of likely N-dealkylation sites (tertiary alicyclic amines) is 1. The van der Waals surface area contributed by atoms with Crippen LogP contribution in [0.2, 0.25) is 0 Å². The number of primary amides is 1. The van der Waals surface area contributed by atoms with Gasteiger partial charge in [0.05, 0.1) is 11.9 Å². The molecule has 144 valence electrons. The van der Waals surface area contributed by atoms with Gasteiger partial charge < -0.3 is 15.2 Å². The van der Waals surface area contributed by atoms with Crippen molar-refractivity contribution in [2.45, 2.75) is 19.8 Å². The van der Waals surface area contributed by atoms with E-state index >= 15 is 0 Å². The summed E-state index contributed by atoms with van der Waals surface area (Å²) in [6.45, 7) is 3.07. The summed E-state index contributed by atoms with van der Waals surface area (Å²) in [5.74, 6) is 0.193. The number of hydrogen-bond acceptors (Lipinski definition) is 3. The minimum absolute atomic E-state index is 0.0782. The number of carbonyl (C=O) groups excluding carboxylic acids is 2. The molecule has 0 saturated carbocycles. The molecule has 1 saturated heterocycles. The fourth-order valence-corrected chi connectivity index (χ4v) is 3.70. The lowest BCUT2D eigenvalue weighted by molar-refractivity contribution is -0.123. The van der Waals surface area contributed by atoms with Gasteiger partial charge in [-0.2, -0.15) is 5.10 Å². The number of aromatic nitrogens is 3. The van der Waals surface area contributed by atoms with E-state index in [1.807, 2.05) is 60.3 Å². The zero-order valence-corrected chi connectivity index (χ0v) is 15.8. The molecular formula is C21H23N5O2. The number of carbonyl (C=O) groups is 2. The summed E-state index contributed by atoms with van der Waals surface area (Å²) in [5, 5.41) is 4.52. The van der Waals surface area contributed by atoms with Gasteiger partial charge >= 0.3 is 0 Å². The van der Waals surface area contributed by atoms with Crippen LogP contribution in [0.3, 0.4) is 0 Å². The number of nitrogens with zero attached hydrogens (tertiary/aromatic N) is 4. The van der Waals surface area contributed by atoms with Crippen LogP contribution < -0.4 is 5.73 Å². The minimum Gasteiger partial charge on any atom is -0.369 e. The second kappa shape index (κ2) is 7.34. The highest BCUT2D eigenvalue weighted by atomic mass is 16.2. The van der Waals surface area contributed by atoms with Gasteiger partial charge in [-0.05, 0) is 49.6 Å². The maximum atomic E-state index is 13.2. The highest BCUT2D eigenvalue weighted by molar-refractivity contribution is 5.97. The lowest BCUT2D eigenvalue weighted by Crippen LogP contribution is -2.41. The molecule has 1 fully saturated rings. The molecule has 0 atom stereocenters. The van der Waals surface area contributed by atoms with E-state index in [0.717, 1.165) is 11.3 Å². The Balaban J connectivity index is 1.70. The van der Waals surface area contributed by atoms with Gasteiger partial charge in [0.2, 0.25) is 5.91 Å². The van der Waals surface area contributed by atoms with E-state index in [-0.39, 0.29) is 17.7 Å². The van der Waals surface area contributed by atoms with Crippen molar-refractivity contribution in [2.24, 2.45) is 11.7 Å². The average molecular weight is 377 g/mol. The Morgan fingerprint density at radius 3 is 2.46 bits per heavy atom. The molecule has 0 spiro atoms. The molecule has 3 heterocycles. The number of aryl methyl sites for hydroxylation is 1. The summed E-state index contributed by atoms with van der Waals surface area (Å²) in [7, 11) is 0. The topological polar surface area (TPSA) is 86.2 Å². The monoisotopic (exact) mass is 377 g/mol. The standard InChI is InChI=1S/C21H23N5O2/c1-15-5-4-6-17(13-15)26-20(24-9-2-3-10-24)18(14-23-26)21(28)25-11-7-16(8-12-25)19(22)27/h2-6,9-10,13-14,16H,7-8,11-12H2,1H3,(H2,22,27). The number of nitrogens with two attached hydrogens (primary N) is 1. The third kappa shape index (κ3) is 3.31. The van der Waals surface area contributed by atoms with E-state index in [9.17, 15) is 9.59 Å². The van der Waals surface area contributed by atoms with Crippen molar-refractivity contribution in [1.82, 2.24) is 19.2 Å². The van der Waals surface area contributed by atoms with Gasteiger partial charge in [0.1, 0.15) is 5.56 Å². The molecule has 4 rings (SSSR count). The maximum Gasteiger partial charge on any atom is 0.259 e. The van der Waals surface area contributed by atoms with Gasteiger partial charge in [-0.25, -0.2) is 4.68 Å². The molecule has 0 unspecified atom stereocenters. The quantitative estimate of drug-likeness (QED) is 0.757. The zero-order chi connectivity index (χ0) is 19.7. The lowest BCUT2D eigenvalue weighted by atomic mass is 9.96. The number of hydrogen-bond donors (Lipinski definition) is 1. The first-order chi connectivity index (χ1) is 13.5. The van der Waals surface area contributed by atoms with Crippen molar-refractivity contribution in [3.63, 3.8) is 0 Å². The van der Waals surface area contributed by atoms with Gasteiger partial charge in [-0.1, -0.05) is 12.1 Å². The molecule has 7 nitrogen and oxygen atoms in total. The van der Waals surface area contributed by atoms with E-state index in [4.69, 9.17) is 5.73 Å². The molecule has 7 heteroatoms. The molecule has 2 amide bonds. The van der Waals surface area contributed by atoms with Crippen LogP contribution in [0.5, 0.6) is 0 Å². The third-order valence-corrected chi connectivity index (χ3v) is 5.25. The van der Waals surface area contributed by atoms with Crippen LogP contribution in [0.15, 0.2) is 55.0 Å². The van der Waals surface area contributed by atoms with Crippen LogP contribution in [-0.2, 0) is 4.79 Å². The number of piperidine rings is 1. The number of amides is 2. The van der Waals surface area contributed by atoms with E-state index < -0.39 is 0 Å². The normalized spacial score (nSPS) is 15.0. The largest absolute Gasteiger partial charge is 0.369 e. The van der Waals surface area contributed by atoms with Crippen LogP contribution in [-0.4, -0.2) is 44.2 Å². The van der Waals surface area contributed by atoms with Crippen molar-refractivity contribution in [3.05, 3.63) is 66.1 Å². The van der Waals surface area contributed by atoms with E-state index in [2.05, 4.69) is 5.10 Å². The SMILES string of the molecule is Cc1cccc(-n2ncc(C(=O)N3CCC(C(N)=O)CC3)c2-n2cccc2)c1. The fourth-order valence-electron chi connectivity index (χ4n) is 3.70. The molecule has 0 bridgehead atoms. The lowest BCUT2D eigenvalue weighted by Gasteiger charge is -2.30. The van der Waals surface area contributed by atoms with Gasteiger partial charge in [-0.3, -0.25) is 9.59 Å². The Kier molecular flexibility index (Phi) is 4.73. The second-order valence-electron chi connectivity index (χ2n) is 7.19. The molecule has 28 heavy (non-hydrogen) atoms. The zero-order valence-electron chi connectivity index (χ0n) is 15.8. The molecule has 0 radical (unpaired) electrons. The van der Waals surface area contributed by atoms with Gasteiger partial charge in [0.25, 0.3) is 5.91 Å². The first kappa shape index (κ1) is 18.0. The Bertz CT molecular complexity index is 998. The van der Waals surface area contributed by atoms with E-state index in [1.165, 1.54) is 0 Å². The van der Waals surface area contributed by atoms with Gasteiger partial charge in [0.15, 0.2) is 5.82 Å². The Hall–Kier alpha value is -3.35. The van der Waals surface area contributed by atoms with E-state index in [1.54, 1.807) is 15.8 Å². The molecule has 3 aromatic rings. The molecule has 2 aromatic heterocycles. The highest BCUT2D eigenvalue weighted by Gasteiger charge is 2.29. The molecular weight excluding hydrogens is 354 g/mol. The summed E-state index contributed by atoms with van der Waals surface area (Å²) in [6, 6.07) is 11.8. The summed E-state index contributed by atoms with van der Waals surface area (Å²) >= 11 is 0. The van der Waals surface area contributed by atoms with Crippen LogP contribution >= 0.6 is 0 Å². The molecule has 1 aliphatic rings. The molecule has 2 N–H and O–H groups in total. The van der Waals surface area contributed by atoms with Crippen molar-refractivity contribution in [1.29, 1.82) is 0 Å². The second-order valence-corrected chi connectivity index (χ2v) is 7.19. The Morgan fingerprint density at radius 1 is 1.11 bits per heavy atom. The summed E-state index contributed by atoms with van der Waals surface area (Å²) < 4.78 is 3.69. The Morgan fingerprint density at radius 2 is 1.82 bits per heavy atom. The number of benzene rings is 1. The minimum atomic E-state index is -0.285. The first-order valence-corrected chi connectivity index (χ1v) is 9.41. The molecule has 1 aromatic carbocycles. The van der Waals surface area contributed by atoms with Gasteiger partial charge in [-0.15, -0.1) is 0 Å². The average Bonchev–Trinajstić information content (AvgIpc) is 3.37. The maximum absolute atomic E-state index is 13.2. The van der Waals surface area contributed by atoms with Crippen LogP contribution in [0.25, 0.3) is 11.5 Å².